The summed E-state index contributed by atoms with van der Waals surface area (Å²) >= 11 is 0. The van der Waals surface area contributed by atoms with E-state index in [1.54, 1.807) is 0 Å². The molecule has 0 aliphatic heterocycles. The lowest BCUT2D eigenvalue weighted by atomic mass is 10.1. The summed E-state index contributed by atoms with van der Waals surface area (Å²) in [5.74, 6) is -2.30. The van der Waals surface area contributed by atoms with E-state index in [0.717, 1.165) is 18.2 Å². The molecule has 0 fully saturated rings. The fraction of sp³-hybridized carbons (Fsp3) is 0.0625. The zero-order valence-corrected chi connectivity index (χ0v) is 12.1. The number of ether oxygens (including phenoxy) is 1. The second-order valence-electron chi connectivity index (χ2n) is 4.90. The Morgan fingerprint density at radius 3 is 2.38 bits per heavy atom. The number of hydrogen-bond acceptors (Lipinski definition) is 8. The van der Waals surface area contributed by atoms with E-state index in [1.807, 2.05) is 0 Å². The second kappa shape index (κ2) is 5.67. The van der Waals surface area contributed by atoms with Crippen LogP contribution in [0.4, 0.5) is 0 Å². The number of rotatable bonds is 3. The van der Waals surface area contributed by atoms with Gasteiger partial charge < -0.3 is 34.7 Å². The van der Waals surface area contributed by atoms with Crippen molar-refractivity contribution in [2.75, 3.05) is 6.79 Å². The third-order valence-corrected chi connectivity index (χ3v) is 3.39. The summed E-state index contributed by atoms with van der Waals surface area (Å²) < 4.78 is 10.3. The van der Waals surface area contributed by atoms with Gasteiger partial charge in [0.15, 0.2) is 24.1 Å². The average Bonchev–Trinajstić information content (AvgIpc) is 2.53. The highest BCUT2D eigenvalue weighted by atomic mass is 16.6. The van der Waals surface area contributed by atoms with Crippen molar-refractivity contribution >= 4 is 11.0 Å². The molecule has 8 nitrogen and oxygen atoms in total. The quantitative estimate of drug-likeness (QED) is 0.360. The zero-order chi connectivity index (χ0) is 17.4. The van der Waals surface area contributed by atoms with Crippen LogP contribution in [-0.2, 0) is 0 Å². The molecule has 0 atom stereocenters. The highest BCUT2D eigenvalue weighted by Gasteiger charge is 2.19. The van der Waals surface area contributed by atoms with E-state index < -0.39 is 29.5 Å². The first-order valence-electron chi connectivity index (χ1n) is 6.71. The van der Waals surface area contributed by atoms with Crippen LogP contribution in [0.3, 0.4) is 0 Å². The first-order valence-corrected chi connectivity index (χ1v) is 6.71. The van der Waals surface area contributed by atoms with Gasteiger partial charge in [0.25, 0.3) is 0 Å². The smallest absolute Gasteiger partial charge is 0.238 e. The number of phenols is 3. The normalized spacial score (nSPS) is 10.9. The van der Waals surface area contributed by atoms with Crippen molar-refractivity contribution in [3.05, 3.63) is 40.6 Å². The molecule has 0 saturated carbocycles. The molecule has 0 spiro atoms. The van der Waals surface area contributed by atoms with Crippen molar-refractivity contribution in [2.45, 2.75) is 0 Å². The van der Waals surface area contributed by atoms with Crippen LogP contribution in [-0.4, -0.2) is 32.3 Å². The molecule has 3 rings (SSSR count). The number of aliphatic hydroxyl groups excluding tert-OH is 1. The fourth-order valence-electron chi connectivity index (χ4n) is 2.28. The lowest BCUT2D eigenvalue weighted by Crippen LogP contribution is -2.04. The van der Waals surface area contributed by atoms with Gasteiger partial charge in [-0.1, -0.05) is 0 Å². The van der Waals surface area contributed by atoms with Gasteiger partial charge in [-0.3, -0.25) is 4.79 Å². The average molecular weight is 332 g/mol. The van der Waals surface area contributed by atoms with Crippen LogP contribution >= 0.6 is 0 Å². The van der Waals surface area contributed by atoms with E-state index in [4.69, 9.17) is 14.3 Å². The molecule has 1 aromatic heterocycles. The minimum Gasteiger partial charge on any atom is -0.507 e. The highest BCUT2D eigenvalue weighted by Crippen LogP contribution is 2.37. The Morgan fingerprint density at radius 1 is 0.958 bits per heavy atom. The Balaban J connectivity index is 2.31. The minimum absolute atomic E-state index is 0.0517. The van der Waals surface area contributed by atoms with Gasteiger partial charge in [-0.25, -0.2) is 0 Å². The standard InChI is InChI=1S/C16H12O8/c17-6-23-8-4-11(20)13-12(5-8)24-16(15(22)14(13)21)7-1-2-9(18)10(19)3-7/h1-5,17-20,22H,6H2. The predicted molar refractivity (Wildman–Crippen MR) is 82.3 cm³/mol. The van der Waals surface area contributed by atoms with Crippen LogP contribution in [0, 0.1) is 0 Å². The SMILES string of the molecule is O=c1c(O)c(-c2ccc(O)c(O)c2)oc2cc(OCO)cc(O)c12. The summed E-state index contributed by atoms with van der Waals surface area (Å²) in [4.78, 5) is 12.3. The Hall–Kier alpha value is -3.39. The fourth-order valence-corrected chi connectivity index (χ4v) is 2.28. The lowest BCUT2D eigenvalue weighted by Gasteiger charge is -2.09. The molecule has 3 aromatic rings. The van der Waals surface area contributed by atoms with Crippen LogP contribution in [0.2, 0.25) is 0 Å². The van der Waals surface area contributed by atoms with Crippen LogP contribution < -0.4 is 10.2 Å². The molecule has 0 amide bonds. The third-order valence-electron chi connectivity index (χ3n) is 3.39. The molecule has 5 N–H and O–H groups in total. The molecule has 0 aliphatic rings. The van der Waals surface area contributed by atoms with Crippen LogP contribution in [0.25, 0.3) is 22.3 Å². The van der Waals surface area contributed by atoms with Gasteiger partial charge in [0, 0.05) is 17.7 Å². The molecule has 0 saturated heterocycles. The van der Waals surface area contributed by atoms with Gasteiger partial charge in [-0.05, 0) is 18.2 Å². The Labute approximate surface area is 134 Å². The van der Waals surface area contributed by atoms with E-state index in [1.165, 1.54) is 12.1 Å². The maximum Gasteiger partial charge on any atom is 0.238 e. The van der Waals surface area contributed by atoms with Crippen molar-refractivity contribution in [3.63, 3.8) is 0 Å². The molecule has 0 bridgehead atoms. The molecular formula is C16H12O8. The maximum atomic E-state index is 12.3. The molecule has 1 heterocycles. The molecule has 2 aromatic carbocycles. The highest BCUT2D eigenvalue weighted by molar-refractivity contribution is 5.88. The van der Waals surface area contributed by atoms with E-state index in [2.05, 4.69) is 0 Å². The summed E-state index contributed by atoms with van der Waals surface area (Å²) in [5, 5.41) is 47.4. The Morgan fingerprint density at radius 2 is 1.71 bits per heavy atom. The van der Waals surface area contributed by atoms with Crippen LogP contribution in [0.15, 0.2) is 39.5 Å². The molecule has 24 heavy (non-hydrogen) atoms. The molecule has 0 radical (unpaired) electrons. The monoisotopic (exact) mass is 332 g/mol. The summed E-state index contributed by atoms with van der Waals surface area (Å²) in [7, 11) is 0. The first kappa shape index (κ1) is 15.5. The summed E-state index contributed by atoms with van der Waals surface area (Å²) in [6, 6.07) is 5.95. The van der Waals surface area contributed by atoms with Crippen molar-refractivity contribution < 1.29 is 34.7 Å². The number of fused-ring (bicyclic) bond motifs is 1. The first-order chi connectivity index (χ1) is 11.4. The lowest BCUT2D eigenvalue weighted by molar-refractivity contribution is 0.0984. The van der Waals surface area contributed by atoms with E-state index in [9.17, 15) is 25.2 Å². The molecule has 0 aliphatic carbocycles. The van der Waals surface area contributed by atoms with Gasteiger partial charge in [0.1, 0.15) is 22.5 Å². The number of aliphatic hydroxyl groups is 1. The van der Waals surface area contributed by atoms with Gasteiger partial charge in [-0.2, -0.15) is 0 Å². The van der Waals surface area contributed by atoms with Crippen LogP contribution in [0.1, 0.15) is 0 Å². The van der Waals surface area contributed by atoms with Gasteiger partial charge >= 0.3 is 0 Å². The van der Waals surface area contributed by atoms with E-state index in [-0.39, 0.29) is 33.8 Å². The van der Waals surface area contributed by atoms with Gasteiger partial charge in [0.05, 0.1) is 0 Å². The van der Waals surface area contributed by atoms with Gasteiger partial charge in [-0.15, -0.1) is 0 Å². The number of phenolic OH excluding ortho intramolecular Hbond substituents is 3. The predicted octanol–water partition coefficient (Wildman–Crippen LogP) is 1.61. The minimum atomic E-state index is -0.883. The van der Waals surface area contributed by atoms with Crippen molar-refractivity contribution in [1.29, 1.82) is 0 Å². The Kier molecular flexibility index (Phi) is 3.66. The molecular weight excluding hydrogens is 320 g/mol. The van der Waals surface area contributed by atoms with E-state index in [0.29, 0.717) is 0 Å². The maximum absolute atomic E-state index is 12.3. The largest absolute Gasteiger partial charge is 0.507 e. The third kappa shape index (κ3) is 2.44. The molecule has 8 heteroatoms. The van der Waals surface area contributed by atoms with Crippen LogP contribution in [0.5, 0.6) is 28.7 Å². The summed E-state index contributed by atoms with van der Waals surface area (Å²) in [5.41, 5.74) is -0.842. The van der Waals surface area contributed by atoms with E-state index >= 15 is 0 Å². The van der Waals surface area contributed by atoms with Crippen molar-refractivity contribution in [3.8, 4) is 40.1 Å². The molecule has 124 valence electrons. The van der Waals surface area contributed by atoms with Crippen molar-refractivity contribution in [1.82, 2.24) is 0 Å². The number of benzene rings is 2. The second-order valence-corrected chi connectivity index (χ2v) is 4.90. The number of aromatic hydroxyl groups is 4. The van der Waals surface area contributed by atoms with Crippen molar-refractivity contribution in [2.24, 2.45) is 0 Å². The van der Waals surface area contributed by atoms with Gasteiger partial charge in [0.2, 0.25) is 11.2 Å². The summed E-state index contributed by atoms with van der Waals surface area (Å²) in [6.45, 7) is -0.647. The summed E-state index contributed by atoms with van der Waals surface area (Å²) in [6.07, 6.45) is 0. The zero-order valence-electron chi connectivity index (χ0n) is 12.1. The topological polar surface area (TPSA) is 141 Å². The Bertz CT molecular complexity index is 990. The molecule has 0 unspecified atom stereocenters. The number of hydrogen-bond donors (Lipinski definition) is 5.